The molecule has 0 saturated carbocycles. The van der Waals surface area contributed by atoms with E-state index in [1.54, 1.807) is 7.11 Å². The Bertz CT molecular complexity index is 1290. The Morgan fingerprint density at radius 3 is 2.59 bits per heavy atom. The van der Waals surface area contributed by atoms with Crippen molar-refractivity contribution < 1.29 is 26.7 Å². The highest BCUT2D eigenvalue weighted by Crippen LogP contribution is 2.35. The number of piperidine rings is 1. The number of hydrogen-bond donors (Lipinski definition) is 1. The van der Waals surface area contributed by atoms with Crippen LogP contribution in [0.2, 0.25) is 0 Å². The maximum absolute atomic E-state index is 14.0. The Balaban J connectivity index is 1.44. The van der Waals surface area contributed by atoms with Crippen LogP contribution in [-0.4, -0.2) is 43.8 Å². The fourth-order valence-electron chi connectivity index (χ4n) is 3.72. The van der Waals surface area contributed by atoms with E-state index in [-0.39, 0.29) is 31.8 Å². The third-order valence-corrected chi connectivity index (χ3v) is 8.53. The van der Waals surface area contributed by atoms with E-state index >= 15 is 0 Å². The summed E-state index contributed by atoms with van der Waals surface area (Å²) in [7, 11) is -2.55. The van der Waals surface area contributed by atoms with Crippen molar-refractivity contribution >= 4 is 42.6 Å². The summed E-state index contributed by atoms with van der Waals surface area (Å²) in [5, 5.41) is 3.27. The number of hydrogen-bond acceptors (Lipinski definition) is 6. The molecule has 1 saturated heterocycles. The van der Waals surface area contributed by atoms with Gasteiger partial charge in [0, 0.05) is 25.1 Å². The van der Waals surface area contributed by atoms with Crippen molar-refractivity contribution in [1.29, 1.82) is 0 Å². The maximum Gasteiger partial charge on any atom is 0.245 e. The first kappa shape index (κ1) is 22.6. The number of thiazole rings is 1. The van der Waals surface area contributed by atoms with Gasteiger partial charge in [-0.15, -0.1) is 0 Å². The predicted molar refractivity (Wildman–Crippen MR) is 117 cm³/mol. The number of ether oxygens (including phenoxy) is 1. The number of halogens is 2. The van der Waals surface area contributed by atoms with Crippen molar-refractivity contribution in [2.24, 2.45) is 5.92 Å². The van der Waals surface area contributed by atoms with Gasteiger partial charge >= 0.3 is 0 Å². The molecular formula is C21H21F2N3O4S2. The topological polar surface area (TPSA) is 88.6 Å². The zero-order chi connectivity index (χ0) is 23.0. The average Bonchev–Trinajstić information content (AvgIpc) is 3.18. The van der Waals surface area contributed by atoms with Crippen molar-refractivity contribution in [2.75, 3.05) is 25.5 Å². The van der Waals surface area contributed by atoms with Crippen LogP contribution in [0.3, 0.4) is 0 Å². The van der Waals surface area contributed by atoms with E-state index in [4.69, 9.17) is 4.74 Å². The number of rotatable bonds is 5. The fourth-order valence-corrected chi connectivity index (χ4v) is 6.19. The number of benzene rings is 2. The summed E-state index contributed by atoms with van der Waals surface area (Å²) in [6.07, 6.45) is 0.558. The van der Waals surface area contributed by atoms with E-state index < -0.39 is 32.5 Å². The van der Waals surface area contributed by atoms with Crippen LogP contribution < -0.4 is 10.1 Å². The number of anilines is 1. The van der Waals surface area contributed by atoms with Crippen LogP contribution in [0.4, 0.5) is 13.9 Å². The summed E-state index contributed by atoms with van der Waals surface area (Å²) in [5.74, 6) is -2.01. The first-order valence-corrected chi connectivity index (χ1v) is 12.2. The number of nitrogens with one attached hydrogen (secondary N) is 1. The molecule has 1 aliphatic heterocycles. The van der Waals surface area contributed by atoms with E-state index in [2.05, 4.69) is 10.3 Å². The zero-order valence-electron chi connectivity index (χ0n) is 17.4. The van der Waals surface area contributed by atoms with Crippen molar-refractivity contribution in [3.63, 3.8) is 0 Å². The minimum atomic E-state index is -4.11. The Morgan fingerprint density at radius 1 is 1.22 bits per heavy atom. The molecule has 0 aliphatic carbocycles. The lowest BCUT2D eigenvalue weighted by atomic mass is 9.97. The van der Waals surface area contributed by atoms with Gasteiger partial charge in [-0.1, -0.05) is 17.4 Å². The van der Waals surface area contributed by atoms with Crippen LogP contribution in [-0.2, 0) is 14.8 Å². The first-order valence-electron chi connectivity index (χ1n) is 9.91. The number of carbonyl (C=O) groups excluding carboxylic acids is 1. The molecule has 2 aromatic carbocycles. The van der Waals surface area contributed by atoms with Crippen molar-refractivity contribution in [1.82, 2.24) is 9.29 Å². The first-order chi connectivity index (χ1) is 15.2. The molecule has 0 spiro atoms. The molecule has 0 atom stereocenters. The van der Waals surface area contributed by atoms with Crippen LogP contribution >= 0.6 is 11.3 Å². The van der Waals surface area contributed by atoms with Gasteiger partial charge < -0.3 is 10.1 Å². The Kier molecular flexibility index (Phi) is 6.15. The van der Waals surface area contributed by atoms with Gasteiger partial charge in [0.2, 0.25) is 15.9 Å². The molecule has 11 heteroatoms. The second-order valence-electron chi connectivity index (χ2n) is 7.52. The largest absolute Gasteiger partial charge is 0.494 e. The number of methoxy groups -OCH3 is 1. The number of sulfonamides is 1. The van der Waals surface area contributed by atoms with Gasteiger partial charge in [0.25, 0.3) is 0 Å². The quantitative estimate of drug-likeness (QED) is 0.597. The van der Waals surface area contributed by atoms with Crippen molar-refractivity contribution in [3.05, 3.63) is 47.5 Å². The third kappa shape index (κ3) is 4.19. The molecule has 1 aromatic heterocycles. The standard InChI is InChI=1S/C21H21F2N3O4S2/c1-12-3-5-16(30-2)18-19(12)31-21(24-18)25-20(27)13-7-9-26(10-8-13)32(28,29)17-6-4-14(22)11-15(17)23/h3-6,11,13H,7-10H2,1-2H3,(H,24,25,27). The van der Waals surface area contributed by atoms with E-state index in [1.807, 2.05) is 19.1 Å². The van der Waals surface area contributed by atoms with E-state index in [0.29, 0.717) is 22.5 Å². The summed E-state index contributed by atoms with van der Waals surface area (Å²) in [6.45, 7) is 2.07. The normalized spacial score (nSPS) is 15.8. The number of aromatic nitrogens is 1. The molecular weight excluding hydrogens is 460 g/mol. The van der Waals surface area contributed by atoms with E-state index in [0.717, 1.165) is 26.7 Å². The molecule has 2 heterocycles. The van der Waals surface area contributed by atoms with Crippen LogP contribution in [0, 0.1) is 24.5 Å². The lowest BCUT2D eigenvalue weighted by Gasteiger charge is -2.30. The van der Waals surface area contributed by atoms with Crippen LogP contribution in [0.25, 0.3) is 10.2 Å². The molecule has 4 rings (SSSR count). The van der Waals surface area contributed by atoms with Gasteiger partial charge in [0.1, 0.15) is 27.8 Å². The summed E-state index contributed by atoms with van der Waals surface area (Å²) in [5.41, 5.74) is 1.69. The summed E-state index contributed by atoms with van der Waals surface area (Å²) >= 11 is 1.35. The van der Waals surface area contributed by atoms with E-state index in [9.17, 15) is 22.0 Å². The monoisotopic (exact) mass is 481 g/mol. The van der Waals surface area contributed by atoms with Gasteiger partial charge in [-0.2, -0.15) is 4.31 Å². The lowest BCUT2D eigenvalue weighted by molar-refractivity contribution is -0.120. The molecule has 3 aromatic rings. The van der Waals surface area contributed by atoms with Gasteiger partial charge in [-0.3, -0.25) is 4.79 Å². The molecule has 32 heavy (non-hydrogen) atoms. The van der Waals surface area contributed by atoms with Crippen LogP contribution in [0.5, 0.6) is 5.75 Å². The Hall–Kier alpha value is -2.63. The average molecular weight is 482 g/mol. The highest BCUT2D eigenvalue weighted by molar-refractivity contribution is 7.89. The lowest BCUT2D eigenvalue weighted by Crippen LogP contribution is -2.41. The molecule has 0 bridgehead atoms. The number of carbonyl (C=O) groups is 1. The maximum atomic E-state index is 14.0. The molecule has 1 amide bonds. The van der Waals surface area contributed by atoms with Crippen molar-refractivity contribution in [3.8, 4) is 5.75 Å². The molecule has 7 nitrogen and oxygen atoms in total. The molecule has 0 radical (unpaired) electrons. The van der Waals surface area contributed by atoms with Gasteiger partial charge in [0.05, 0.1) is 11.8 Å². The second-order valence-corrected chi connectivity index (χ2v) is 10.4. The minimum Gasteiger partial charge on any atom is -0.494 e. The van der Waals surface area contributed by atoms with Gasteiger partial charge in [0.15, 0.2) is 5.13 Å². The fraction of sp³-hybridized carbons (Fsp3) is 0.333. The SMILES string of the molecule is COc1ccc(C)c2sc(NC(=O)C3CCN(S(=O)(=O)c4ccc(F)cc4F)CC3)nc12. The summed E-state index contributed by atoms with van der Waals surface area (Å²) in [4.78, 5) is 16.7. The van der Waals surface area contributed by atoms with Crippen molar-refractivity contribution in [2.45, 2.75) is 24.7 Å². The van der Waals surface area contributed by atoms with Gasteiger partial charge in [-0.25, -0.2) is 22.2 Å². The zero-order valence-corrected chi connectivity index (χ0v) is 19.0. The highest BCUT2D eigenvalue weighted by Gasteiger charge is 2.34. The molecule has 170 valence electrons. The second kappa shape index (κ2) is 8.72. The number of amides is 1. The number of aryl methyl sites for hydroxylation is 1. The molecule has 0 unspecified atom stereocenters. The molecule has 1 aliphatic rings. The van der Waals surface area contributed by atoms with Gasteiger partial charge in [-0.05, 0) is 43.5 Å². The molecule has 1 fully saturated rings. The summed E-state index contributed by atoms with van der Waals surface area (Å²) in [6, 6.07) is 6.11. The number of fused-ring (bicyclic) bond motifs is 1. The smallest absolute Gasteiger partial charge is 0.245 e. The predicted octanol–water partition coefficient (Wildman–Crippen LogP) is 3.93. The van der Waals surface area contributed by atoms with Crippen LogP contribution in [0.1, 0.15) is 18.4 Å². The Morgan fingerprint density at radius 2 is 1.94 bits per heavy atom. The minimum absolute atomic E-state index is 0.0595. The van der Waals surface area contributed by atoms with Crippen LogP contribution in [0.15, 0.2) is 35.2 Å². The van der Waals surface area contributed by atoms with E-state index in [1.165, 1.54) is 11.3 Å². The Labute approximate surface area is 188 Å². The molecule has 1 N–H and O–H groups in total. The highest BCUT2D eigenvalue weighted by atomic mass is 32.2. The number of nitrogens with zero attached hydrogens (tertiary/aromatic N) is 2. The third-order valence-electron chi connectivity index (χ3n) is 5.49. The summed E-state index contributed by atoms with van der Waals surface area (Å²) < 4.78 is 59.9.